The van der Waals surface area contributed by atoms with Crippen LogP contribution in [0.15, 0.2) is 46.9 Å². The Morgan fingerprint density at radius 2 is 2.04 bits per heavy atom. The Hall–Kier alpha value is -1.85. The third-order valence-corrected chi connectivity index (χ3v) is 5.27. The summed E-state index contributed by atoms with van der Waals surface area (Å²) in [5, 5.41) is 3.40. The van der Waals surface area contributed by atoms with E-state index < -0.39 is 5.92 Å². The van der Waals surface area contributed by atoms with Crippen LogP contribution in [0.5, 0.6) is 0 Å². The van der Waals surface area contributed by atoms with E-state index in [-0.39, 0.29) is 18.2 Å². The van der Waals surface area contributed by atoms with Crippen molar-refractivity contribution in [1.29, 1.82) is 0 Å². The standard InChI is InChI=1S/C18H16BrClN2O2/c1-11-8-13(6-7-14(11)19)21-18(24)12-9-17(23)22(10-12)16-5-3-2-4-15(16)20/h2-8,12H,9-10H2,1H3,(H,21,24)/t12-/m0/s1. The number of hydrogen-bond acceptors (Lipinski definition) is 2. The second-order valence-corrected chi connectivity index (χ2v) is 7.07. The second kappa shape index (κ2) is 6.95. The molecule has 124 valence electrons. The van der Waals surface area contributed by atoms with Crippen LogP contribution >= 0.6 is 27.5 Å². The number of benzene rings is 2. The first kappa shape index (κ1) is 17.0. The van der Waals surface area contributed by atoms with E-state index in [9.17, 15) is 9.59 Å². The molecule has 2 aromatic rings. The van der Waals surface area contributed by atoms with Crippen LogP contribution in [0.2, 0.25) is 5.02 Å². The molecule has 1 N–H and O–H groups in total. The molecular weight excluding hydrogens is 392 g/mol. The number of nitrogens with zero attached hydrogens (tertiary/aromatic N) is 1. The molecule has 0 aromatic heterocycles. The molecular formula is C18H16BrClN2O2. The molecule has 1 fully saturated rings. The molecule has 24 heavy (non-hydrogen) atoms. The van der Waals surface area contributed by atoms with Crippen molar-refractivity contribution in [2.24, 2.45) is 5.92 Å². The predicted molar refractivity (Wildman–Crippen MR) is 99.4 cm³/mol. The first-order chi connectivity index (χ1) is 11.5. The zero-order valence-corrected chi connectivity index (χ0v) is 15.4. The molecule has 2 amide bonds. The first-order valence-corrected chi connectivity index (χ1v) is 8.74. The number of carbonyl (C=O) groups excluding carboxylic acids is 2. The van der Waals surface area contributed by atoms with Gasteiger partial charge in [-0.1, -0.05) is 39.7 Å². The molecule has 0 radical (unpaired) electrons. The van der Waals surface area contributed by atoms with Crippen molar-refractivity contribution in [2.75, 3.05) is 16.8 Å². The van der Waals surface area contributed by atoms with Crippen molar-refractivity contribution >= 4 is 50.7 Å². The van der Waals surface area contributed by atoms with Gasteiger partial charge in [-0.25, -0.2) is 0 Å². The summed E-state index contributed by atoms with van der Waals surface area (Å²) >= 11 is 9.59. The Bertz CT molecular complexity index is 809. The molecule has 1 aliphatic heterocycles. The van der Waals surface area contributed by atoms with E-state index >= 15 is 0 Å². The van der Waals surface area contributed by atoms with Gasteiger partial charge >= 0.3 is 0 Å². The van der Waals surface area contributed by atoms with Crippen LogP contribution in [0.1, 0.15) is 12.0 Å². The van der Waals surface area contributed by atoms with Crippen LogP contribution < -0.4 is 10.2 Å². The molecule has 0 spiro atoms. The number of halogens is 2. The van der Waals surface area contributed by atoms with Crippen LogP contribution in [-0.2, 0) is 9.59 Å². The summed E-state index contributed by atoms with van der Waals surface area (Å²) in [6.07, 6.45) is 0.187. The fraction of sp³-hybridized carbons (Fsp3) is 0.222. The minimum atomic E-state index is -0.391. The van der Waals surface area contributed by atoms with Crippen molar-refractivity contribution in [1.82, 2.24) is 0 Å². The maximum atomic E-state index is 12.5. The quantitative estimate of drug-likeness (QED) is 0.819. The van der Waals surface area contributed by atoms with E-state index in [1.807, 2.05) is 37.3 Å². The molecule has 6 heteroatoms. The number of rotatable bonds is 3. The number of amides is 2. The Kier molecular flexibility index (Phi) is 4.92. The average Bonchev–Trinajstić information content (AvgIpc) is 2.93. The highest BCUT2D eigenvalue weighted by atomic mass is 79.9. The van der Waals surface area contributed by atoms with E-state index in [2.05, 4.69) is 21.2 Å². The van der Waals surface area contributed by atoms with E-state index in [1.54, 1.807) is 17.0 Å². The van der Waals surface area contributed by atoms with Gasteiger partial charge in [-0.2, -0.15) is 0 Å². The average molecular weight is 408 g/mol. The third kappa shape index (κ3) is 3.47. The van der Waals surface area contributed by atoms with Gasteiger partial charge in [0.25, 0.3) is 0 Å². The van der Waals surface area contributed by atoms with Gasteiger partial charge in [-0.3, -0.25) is 9.59 Å². The van der Waals surface area contributed by atoms with Gasteiger partial charge in [0.05, 0.1) is 16.6 Å². The van der Waals surface area contributed by atoms with Crippen molar-refractivity contribution < 1.29 is 9.59 Å². The topological polar surface area (TPSA) is 49.4 Å². The minimum absolute atomic E-state index is 0.0877. The fourth-order valence-corrected chi connectivity index (χ4v) is 3.24. The fourth-order valence-electron chi connectivity index (χ4n) is 2.75. The molecule has 0 aliphatic carbocycles. The normalized spacial score (nSPS) is 17.2. The summed E-state index contributed by atoms with van der Waals surface area (Å²) in [5.74, 6) is -0.632. The Labute approximate surface area is 153 Å². The molecule has 1 aliphatic rings. The van der Waals surface area contributed by atoms with Crippen LogP contribution in [0.25, 0.3) is 0 Å². The van der Waals surface area contributed by atoms with Crippen molar-refractivity contribution in [3.05, 3.63) is 57.5 Å². The summed E-state index contributed by atoms with van der Waals surface area (Å²) < 4.78 is 0.987. The molecule has 2 aromatic carbocycles. The number of para-hydroxylation sites is 1. The third-order valence-electron chi connectivity index (χ3n) is 4.06. The maximum absolute atomic E-state index is 12.5. The monoisotopic (exact) mass is 406 g/mol. The second-order valence-electron chi connectivity index (χ2n) is 5.81. The zero-order valence-electron chi connectivity index (χ0n) is 13.1. The summed E-state index contributed by atoms with van der Waals surface area (Å²) in [6.45, 7) is 2.29. The highest BCUT2D eigenvalue weighted by molar-refractivity contribution is 9.10. The molecule has 0 unspecified atom stereocenters. The number of carbonyl (C=O) groups is 2. The van der Waals surface area contributed by atoms with Crippen LogP contribution in [0.3, 0.4) is 0 Å². The van der Waals surface area contributed by atoms with Crippen LogP contribution in [0.4, 0.5) is 11.4 Å². The van der Waals surface area contributed by atoms with Gasteiger partial charge in [0.2, 0.25) is 11.8 Å². The number of hydrogen-bond donors (Lipinski definition) is 1. The lowest BCUT2D eigenvalue weighted by Crippen LogP contribution is -2.28. The maximum Gasteiger partial charge on any atom is 0.229 e. The summed E-state index contributed by atoms with van der Waals surface area (Å²) in [4.78, 5) is 26.3. The number of nitrogens with one attached hydrogen (secondary N) is 1. The molecule has 0 bridgehead atoms. The van der Waals surface area contributed by atoms with Gasteiger partial charge in [0.1, 0.15) is 0 Å². The van der Waals surface area contributed by atoms with Crippen molar-refractivity contribution in [3.8, 4) is 0 Å². The minimum Gasteiger partial charge on any atom is -0.326 e. The highest BCUT2D eigenvalue weighted by Gasteiger charge is 2.35. The van der Waals surface area contributed by atoms with Gasteiger partial charge in [0.15, 0.2) is 0 Å². The van der Waals surface area contributed by atoms with Crippen LogP contribution in [0, 0.1) is 12.8 Å². The van der Waals surface area contributed by atoms with Crippen molar-refractivity contribution in [3.63, 3.8) is 0 Å². The van der Waals surface area contributed by atoms with Gasteiger partial charge in [-0.15, -0.1) is 0 Å². The zero-order chi connectivity index (χ0) is 17.3. The lowest BCUT2D eigenvalue weighted by molar-refractivity contribution is -0.122. The van der Waals surface area contributed by atoms with E-state index in [4.69, 9.17) is 11.6 Å². The molecule has 0 saturated carbocycles. The summed E-state index contributed by atoms with van der Waals surface area (Å²) in [5.41, 5.74) is 2.41. The van der Waals surface area contributed by atoms with Gasteiger partial charge < -0.3 is 10.2 Å². The highest BCUT2D eigenvalue weighted by Crippen LogP contribution is 2.31. The lowest BCUT2D eigenvalue weighted by atomic mass is 10.1. The molecule has 1 atom stereocenters. The van der Waals surface area contributed by atoms with E-state index in [1.165, 1.54) is 0 Å². The largest absolute Gasteiger partial charge is 0.326 e. The van der Waals surface area contributed by atoms with Gasteiger partial charge in [-0.05, 0) is 42.8 Å². The molecule has 4 nitrogen and oxygen atoms in total. The van der Waals surface area contributed by atoms with E-state index in [0.29, 0.717) is 17.3 Å². The van der Waals surface area contributed by atoms with E-state index in [0.717, 1.165) is 15.7 Å². The van der Waals surface area contributed by atoms with Crippen LogP contribution in [-0.4, -0.2) is 18.4 Å². The Morgan fingerprint density at radius 1 is 1.29 bits per heavy atom. The molecule has 1 heterocycles. The Balaban J connectivity index is 1.72. The van der Waals surface area contributed by atoms with Gasteiger partial charge in [0, 0.05) is 23.1 Å². The van der Waals surface area contributed by atoms with Crippen molar-refractivity contribution in [2.45, 2.75) is 13.3 Å². The number of anilines is 2. The summed E-state index contributed by atoms with van der Waals surface area (Å²) in [7, 11) is 0. The first-order valence-electron chi connectivity index (χ1n) is 7.57. The summed E-state index contributed by atoms with van der Waals surface area (Å²) in [6, 6.07) is 12.8. The predicted octanol–water partition coefficient (Wildman–Crippen LogP) is 4.40. The Morgan fingerprint density at radius 3 is 2.75 bits per heavy atom. The lowest BCUT2D eigenvalue weighted by Gasteiger charge is -2.18. The smallest absolute Gasteiger partial charge is 0.229 e. The molecule has 1 saturated heterocycles. The number of aryl methyl sites for hydroxylation is 1. The molecule has 3 rings (SSSR count). The SMILES string of the molecule is Cc1cc(NC(=O)[C@H]2CC(=O)N(c3ccccc3Cl)C2)ccc1Br.